The maximum absolute atomic E-state index is 10.7. The molecule has 1 heterocycles. The van der Waals surface area contributed by atoms with E-state index in [2.05, 4.69) is 77.0 Å². The summed E-state index contributed by atoms with van der Waals surface area (Å²) >= 11 is 0. The molecule has 0 aromatic heterocycles. The van der Waals surface area contributed by atoms with E-state index >= 15 is 0 Å². The van der Waals surface area contributed by atoms with Gasteiger partial charge in [0.2, 0.25) is 0 Å². The summed E-state index contributed by atoms with van der Waals surface area (Å²) in [5, 5.41) is 0. The van der Waals surface area contributed by atoms with E-state index in [9.17, 15) is 13.2 Å². The molecule has 0 radical (unpaired) electrons. The standard InChI is InChI=1S/C18H39N3.CHF3O3S.Cu/c1-16(2,3)19-10-12-20(17(4,5)6)14-15-21(13-11-19)18(7,8)9;2-1(3,4)8(5,6)7;/h10-15H2,1-9H3;(H,5,6,7);/q;;+1/p-1. The van der Waals surface area contributed by atoms with Crippen molar-refractivity contribution in [2.24, 2.45) is 0 Å². The molecule has 1 aliphatic heterocycles. The van der Waals surface area contributed by atoms with E-state index in [1.807, 2.05) is 0 Å². The Labute approximate surface area is 191 Å². The Kier molecular flexibility index (Phi) is 12.2. The molecule has 11 heteroatoms. The van der Waals surface area contributed by atoms with Crippen molar-refractivity contribution in [1.82, 2.24) is 14.7 Å². The fourth-order valence-corrected chi connectivity index (χ4v) is 3.07. The van der Waals surface area contributed by atoms with Gasteiger partial charge in [-0.2, -0.15) is 13.2 Å². The van der Waals surface area contributed by atoms with Gasteiger partial charge in [0.15, 0.2) is 10.1 Å². The van der Waals surface area contributed by atoms with Gasteiger partial charge in [0.25, 0.3) is 0 Å². The Morgan fingerprint density at radius 3 is 0.800 bits per heavy atom. The van der Waals surface area contributed by atoms with Crippen LogP contribution in [-0.4, -0.2) is 89.1 Å². The van der Waals surface area contributed by atoms with Crippen molar-refractivity contribution in [3.05, 3.63) is 0 Å². The van der Waals surface area contributed by atoms with Crippen molar-refractivity contribution in [3.8, 4) is 0 Å². The van der Waals surface area contributed by atoms with Crippen LogP contribution in [0.15, 0.2) is 0 Å². The van der Waals surface area contributed by atoms with Crippen LogP contribution in [0.3, 0.4) is 0 Å². The summed E-state index contributed by atoms with van der Waals surface area (Å²) in [5.41, 5.74) is -4.90. The second kappa shape index (κ2) is 11.3. The zero-order valence-electron chi connectivity index (χ0n) is 19.7. The molecule has 0 spiro atoms. The van der Waals surface area contributed by atoms with E-state index in [0.717, 1.165) is 0 Å². The van der Waals surface area contributed by atoms with Crippen LogP contribution < -0.4 is 0 Å². The molecule has 0 unspecified atom stereocenters. The van der Waals surface area contributed by atoms with Crippen LogP contribution in [0.1, 0.15) is 62.3 Å². The van der Waals surface area contributed by atoms with Crippen molar-refractivity contribution < 1.29 is 43.2 Å². The van der Waals surface area contributed by atoms with Crippen LogP contribution in [0, 0.1) is 0 Å². The first kappa shape index (κ1) is 32.3. The molecule has 1 saturated heterocycles. The molecular weight excluding hydrogens is 471 g/mol. The fraction of sp³-hybridized carbons (Fsp3) is 1.00. The second-order valence-electron chi connectivity index (χ2n) is 10.4. The third-order valence-electron chi connectivity index (χ3n) is 5.05. The number of halogens is 3. The zero-order valence-corrected chi connectivity index (χ0v) is 21.4. The Morgan fingerprint density at radius 1 is 0.600 bits per heavy atom. The van der Waals surface area contributed by atoms with E-state index in [1.54, 1.807) is 0 Å². The summed E-state index contributed by atoms with van der Waals surface area (Å²) in [7, 11) is -6.09. The van der Waals surface area contributed by atoms with Gasteiger partial charge in [0.1, 0.15) is 0 Å². The molecule has 0 saturated carbocycles. The summed E-state index contributed by atoms with van der Waals surface area (Å²) in [6, 6.07) is 0. The topological polar surface area (TPSA) is 66.9 Å². The molecule has 1 fully saturated rings. The molecule has 0 bridgehead atoms. The minimum atomic E-state index is -6.09. The molecule has 1 rings (SSSR count). The smallest absolute Gasteiger partial charge is 0.741 e. The first-order valence-corrected chi connectivity index (χ1v) is 11.2. The maximum Gasteiger partial charge on any atom is 1.00 e. The molecule has 0 atom stereocenters. The van der Waals surface area contributed by atoms with Gasteiger partial charge >= 0.3 is 22.6 Å². The van der Waals surface area contributed by atoms with E-state index < -0.39 is 15.6 Å². The van der Waals surface area contributed by atoms with Crippen molar-refractivity contribution in [2.45, 2.75) is 84.4 Å². The third kappa shape index (κ3) is 11.6. The van der Waals surface area contributed by atoms with Crippen LogP contribution in [0.5, 0.6) is 0 Å². The largest absolute Gasteiger partial charge is 1.00 e. The molecule has 30 heavy (non-hydrogen) atoms. The van der Waals surface area contributed by atoms with Gasteiger partial charge < -0.3 is 4.55 Å². The molecule has 0 aromatic rings. The fourth-order valence-electron chi connectivity index (χ4n) is 3.07. The SMILES string of the molecule is CC(C)(C)N1CCN(C(C)(C)C)CCN(C(C)(C)C)CC1.O=S(=O)([O-])C(F)(F)F.[Cu+]. The van der Waals surface area contributed by atoms with E-state index in [4.69, 9.17) is 13.0 Å². The second-order valence-corrected chi connectivity index (χ2v) is 11.7. The van der Waals surface area contributed by atoms with Crippen molar-refractivity contribution in [1.29, 1.82) is 0 Å². The van der Waals surface area contributed by atoms with Gasteiger partial charge in [-0.3, -0.25) is 14.7 Å². The Balaban J connectivity index is 0. The minimum Gasteiger partial charge on any atom is -0.741 e. The predicted octanol–water partition coefficient (Wildman–Crippen LogP) is 3.35. The van der Waals surface area contributed by atoms with Crippen LogP contribution in [0.4, 0.5) is 13.2 Å². The molecule has 0 amide bonds. The average Bonchev–Trinajstić information content (AvgIpc) is 2.53. The molecule has 0 N–H and O–H groups in total. The number of hydrogen-bond acceptors (Lipinski definition) is 6. The summed E-state index contributed by atoms with van der Waals surface area (Å²) in [4.78, 5) is 7.95. The quantitative estimate of drug-likeness (QED) is 0.283. The predicted molar refractivity (Wildman–Crippen MR) is 110 cm³/mol. The molecule has 1 aliphatic rings. The van der Waals surface area contributed by atoms with Gasteiger partial charge in [0.05, 0.1) is 0 Å². The zero-order chi connectivity index (χ0) is 23.5. The summed E-state index contributed by atoms with van der Waals surface area (Å²) in [5.74, 6) is 0. The first-order valence-electron chi connectivity index (χ1n) is 9.84. The van der Waals surface area contributed by atoms with Crippen molar-refractivity contribution >= 4 is 10.1 Å². The molecule has 0 aromatic carbocycles. The normalized spacial score (nSPS) is 19.6. The van der Waals surface area contributed by atoms with Crippen LogP contribution in [-0.2, 0) is 27.2 Å². The molecule has 186 valence electrons. The minimum absolute atomic E-state index is 0. The van der Waals surface area contributed by atoms with E-state index in [-0.39, 0.29) is 33.7 Å². The average molecular weight is 510 g/mol. The molecule has 6 nitrogen and oxygen atoms in total. The number of nitrogens with zero attached hydrogens (tertiary/aromatic N) is 3. The Hall–Kier alpha value is 0.0995. The summed E-state index contributed by atoms with van der Waals surface area (Å²) in [6.45, 7) is 28.1. The number of alkyl halides is 3. The van der Waals surface area contributed by atoms with Crippen molar-refractivity contribution in [3.63, 3.8) is 0 Å². The molecular formula is C19H39CuF3N3O3S. The Morgan fingerprint density at radius 2 is 0.733 bits per heavy atom. The van der Waals surface area contributed by atoms with Gasteiger partial charge in [-0.1, -0.05) is 0 Å². The van der Waals surface area contributed by atoms with Crippen LogP contribution in [0.2, 0.25) is 0 Å². The first-order chi connectivity index (χ1) is 12.6. The number of hydrogen-bond donors (Lipinski definition) is 0. The van der Waals surface area contributed by atoms with Gasteiger partial charge in [-0.25, -0.2) is 8.42 Å². The molecule has 0 aliphatic carbocycles. The maximum atomic E-state index is 10.7. The third-order valence-corrected chi connectivity index (χ3v) is 5.62. The monoisotopic (exact) mass is 509 g/mol. The van der Waals surface area contributed by atoms with Gasteiger partial charge in [-0.15, -0.1) is 0 Å². The number of rotatable bonds is 0. The summed E-state index contributed by atoms with van der Waals surface area (Å²) < 4.78 is 58.9. The van der Waals surface area contributed by atoms with Crippen molar-refractivity contribution in [2.75, 3.05) is 39.3 Å². The van der Waals surface area contributed by atoms with Gasteiger partial charge in [0, 0.05) is 55.9 Å². The van der Waals surface area contributed by atoms with E-state index in [0.29, 0.717) is 0 Å². The summed E-state index contributed by atoms with van der Waals surface area (Å²) in [6.07, 6.45) is 0. The van der Waals surface area contributed by atoms with Gasteiger partial charge in [-0.05, 0) is 62.3 Å². The van der Waals surface area contributed by atoms with E-state index in [1.165, 1.54) is 39.3 Å². The Bertz CT molecular complexity index is 545. The van der Waals surface area contributed by atoms with Crippen LogP contribution in [0.25, 0.3) is 0 Å². The van der Waals surface area contributed by atoms with Crippen LogP contribution >= 0.6 is 0 Å².